The van der Waals surface area contributed by atoms with Gasteiger partial charge in [0.2, 0.25) is 6.23 Å². The molecule has 2 atom stereocenters. The number of para-hydroxylation sites is 1. The zero-order valence-electron chi connectivity index (χ0n) is 24.8. The van der Waals surface area contributed by atoms with E-state index in [0.29, 0.717) is 43.2 Å². The molecule has 3 amide bonds. The smallest absolute Gasteiger partial charge is 0.418 e. The highest BCUT2D eigenvalue weighted by Crippen LogP contribution is 2.26. The maximum atomic E-state index is 13.2. The predicted octanol–water partition coefficient (Wildman–Crippen LogP) is 7.38. The van der Waals surface area contributed by atoms with E-state index in [2.05, 4.69) is 17.6 Å². The van der Waals surface area contributed by atoms with Crippen molar-refractivity contribution in [3.05, 3.63) is 54.6 Å². The zero-order valence-corrected chi connectivity index (χ0v) is 24.8. The summed E-state index contributed by atoms with van der Waals surface area (Å²) < 4.78 is 22.6. The summed E-state index contributed by atoms with van der Waals surface area (Å²) in [6.45, 7) is 5.30. The highest BCUT2D eigenvalue weighted by molar-refractivity contribution is 5.73. The van der Waals surface area contributed by atoms with E-state index >= 15 is 0 Å². The number of carbonyl (C=O) groups is 3. The van der Waals surface area contributed by atoms with Crippen LogP contribution in [0.25, 0.3) is 0 Å². The molecule has 1 heterocycles. The number of amides is 3. The summed E-state index contributed by atoms with van der Waals surface area (Å²) in [6, 6.07) is 16.0. The summed E-state index contributed by atoms with van der Waals surface area (Å²) in [4.78, 5) is 39.6. The molecule has 10 heteroatoms. The quantitative estimate of drug-likeness (QED) is 0.210. The van der Waals surface area contributed by atoms with Gasteiger partial charge in [-0.05, 0) is 62.1 Å². The number of nitrogens with zero attached hydrogens (tertiary/aromatic N) is 1. The highest BCUT2D eigenvalue weighted by atomic mass is 16.6. The topological polar surface area (TPSA) is 115 Å². The third-order valence-corrected chi connectivity index (χ3v) is 6.81. The average Bonchev–Trinajstić information content (AvgIpc) is 2.99. The summed E-state index contributed by atoms with van der Waals surface area (Å²) in [5.41, 5.74) is 0. The van der Waals surface area contributed by atoms with Gasteiger partial charge in [0.1, 0.15) is 17.2 Å². The van der Waals surface area contributed by atoms with E-state index in [1.54, 1.807) is 24.3 Å². The second-order valence-electron chi connectivity index (χ2n) is 10.3. The molecule has 0 bridgehead atoms. The average molecular weight is 584 g/mol. The molecule has 0 radical (unpaired) electrons. The summed E-state index contributed by atoms with van der Waals surface area (Å²) in [6.07, 6.45) is 5.69. The summed E-state index contributed by atoms with van der Waals surface area (Å²) in [5.74, 6) is 1.57. The number of hydrogen-bond donors (Lipinski definition) is 2. The van der Waals surface area contributed by atoms with Gasteiger partial charge in [-0.1, -0.05) is 70.6 Å². The van der Waals surface area contributed by atoms with Crippen LogP contribution in [0.4, 0.5) is 14.4 Å². The summed E-state index contributed by atoms with van der Waals surface area (Å²) in [7, 11) is 0. The largest absolute Gasteiger partial charge is 0.457 e. The molecule has 0 saturated carbocycles. The Morgan fingerprint density at radius 1 is 0.738 bits per heavy atom. The van der Waals surface area contributed by atoms with Crippen LogP contribution in [0.1, 0.15) is 78.1 Å². The molecule has 42 heavy (non-hydrogen) atoms. The van der Waals surface area contributed by atoms with Gasteiger partial charge < -0.3 is 29.6 Å². The number of likely N-dealkylation sites (tertiary alicyclic amines) is 1. The molecule has 10 nitrogen and oxygen atoms in total. The summed E-state index contributed by atoms with van der Waals surface area (Å²) >= 11 is 0. The second-order valence-corrected chi connectivity index (χ2v) is 10.3. The fraction of sp³-hybridized carbons (Fsp3) is 0.531. The Labute approximate surface area is 249 Å². The molecule has 2 aromatic rings. The lowest BCUT2D eigenvalue weighted by Crippen LogP contribution is -2.56. The van der Waals surface area contributed by atoms with E-state index in [0.717, 1.165) is 25.7 Å². The summed E-state index contributed by atoms with van der Waals surface area (Å²) in [5, 5.41) is 5.43. The Kier molecular flexibility index (Phi) is 14.3. The third-order valence-electron chi connectivity index (χ3n) is 6.81. The zero-order chi connectivity index (χ0) is 30.0. The number of ether oxygens (including phenoxy) is 4. The van der Waals surface area contributed by atoms with Gasteiger partial charge in [0, 0.05) is 19.6 Å². The molecule has 0 spiro atoms. The maximum Gasteiger partial charge on any atom is 0.418 e. The SMILES string of the molecule is CCCCCCCCCNC(=O)OC1CCCN(C(=O)Oc2ccc(Oc3ccccc3)cc2)C1OC(=O)NCCC. The Bertz CT molecular complexity index is 1080. The lowest BCUT2D eigenvalue weighted by atomic mass is 10.1. The van der Waals surface area contributed by atoms with Crippen LogP contribution in [0.3, 0.4) is 0 Å². The van der Waals surface area contributed by atoms with Crippen molar-refractivity contribution in [3.8, 4) is 17.2 Å². The van der Waals surface area contributed by atoms with Crippen LogP contribution in [0.5, 0.6) is 17.2 Å². The van der Waals surface area contributed by atoms with Crippen LogP contribution in [-0.2, 0) is 9.47 Å². The molecule has 1 aliphatic heterocycles. The van der Waals surface area contributed by atoms with Crippen molar-refractivity contribution in [2.45, 2.75) is 90.4 Å². The van der Waals surface area contributed by atoms with E-state index in [4.69, 9.17) is 18.9 Å². The monoisotopic (exact) mass is 583 g/mol. The number of rotatable bonds is 15. The van der Waals surface area contributed by atoms with Crippen molar-refractivity contribution in [1.29, 1.82) is 0 Å². The van der Waals surface area contributed by atoms with E-state index in [1.165, 1.54) is 30.6 Å². The lowest BCUT2D eigenvalue weighted by Gasteiger charge is -2.38. The van der Waals surface area contributed by atoms with E-state index in [-0.39, 0.29) is 6.54 Å². The van der Waals surface area contributed by atoms with Gasteiger partial charge >= 0.3 is 18.3 Å². The molecule has 2 aromatic carbocycles. The number of unbranched alkanes of at least 4 members (excludes halogenated alkanes) is 6. The third kappa shape index (κ3) is 11.5. The Morgan fingerprint density at radius 3 is 2.07 bits per heavy atom. The lowest BCUT2D eigenvalue weighted by molar-refractivity contribution is -0.0998. The normalized spacial score (nSPS) is 16.3. The standard InChI is InChI=1S/C32H45N3O7/c1-3-5-6-7-8-9-13-23-34-30(36)41-28-17-14-24-35(29(28)42-31(37)33-22-4-2)32(38)40-27-20-18-26(19-21-27)39-25-15-11-10-12-16-25/h10-12,15-16,18-21,28-29H,3-9,13-14,17,22-24H2,1-2H3,(H,33,37)(H,34,36). The first-order valence-electron chi connectivity index (χ1n) is 15.2. The predicted molar refractivity (Wildman–Crippen MR) is 160 cm³/mol. The van der Waals surface area contributed by atoms with Crippen molar-refractivity contribution in [2.75, 3.05) is 19.6 Å². The minimum atomic E-state index is -1.13. The van der Waals surface area contributed by atoms with E-state index in [1.807, 2.05) is 37.3 Å². The number of carbonyl (C=O) groups excluding carboxylic acids is 3. The van der Waals surface area contributed by atoms with Crippen molar-refractivity contribution in [2.24, 2.45) is 0 Å². The van der Waals surface area contributed by atoms with Crippen molar-refractivity contribution >= 4 is 18.3 Å². The molecule has 2 N–H and O–H groups in total. The van der Waals surface area contributed by atoms with Gasteiger partial charge in [0.15, 0.2) is 6.10 Å². The maximum absolute atomic E-state index is 13.2. The van der Waals surface area contributed by atoms with Gasteiger partial charge in [0.25, 0.3) is 0 Å². The second kappa shape index (κ2) is 18.5. The Morgan fingerprint density at radius 2 is 1.36 bits per heavy atom. The minimum Gasteiger partial charge on any atom is -0.457 e. The molecule has 1 saturated heterocycles. The first-order chi connectivity index (χ1) is 20.5. The molecule has 1 aliphatic rings. The van der Waals surface area contributed by atoms with Crippen molar-refractivity contribution in [1.82, 2.24) is 15.5 Å². The van der Waals surface area contributed by atoms with Crippen LogP contribution in [0, 0.1) is 0 Å². The Balaban J connectivity index is 1.56. The van der Waals surface area contributed by atoms with Crippen LogP contribution >= 0.6 is 0 Å². The number of alkyl carbamates (subject to hydrolysis) is 2. The molecule has 0 aliphatic carbocycles. The molecule has 2 unspecified atom stereocenters. The van der Waals surface area contributed by atoms with Crippen molar-refractivity contribution < 1.29 is 33.3 Å². The first-order valence-corrected chi connectivity index (χ1v) is 15.2. The van der Waals surface area contributed by atoms with Crippen LogP contribution in [-0.4, -0.2) is 55.1 Å². The fourth-order valence-electron chi connectivity index (χ4n) is 4.58. The molecular formula is C32H45N3O7. The van der Waals surface area contributed by atoms with E-state index in [9.17, 15) is 14.4 Å². The van der Waals surface area contributed by atoms with Crippen LogP contribution in [0.2, 0.25) is 0 Å². The molecule has 3 rings (SSSR count). The number of piperidine rings is 1. The van der Waals surface area contributed by atoms with Gasteiger partial charge in [0.05, 0.1) is 0 Å². The number of benzene rings is 2. The van der Waals surface area contributed by atoms with Crippen molar-refractivity contribution in [3.63, 3.8) is 0 Å². The van der Waals surface area contributed by atoms with Crippen LogP contribution in [0.15, 0.2) is 54.6 Å². The number of nitrogens with one attached hydrogen (secondary N) is 2. The van der Waals surface area contributed by atoms with Gasteiger partial charge in [-0.3, -0.25) is 4.90 Å². The first kappa shape index (κ1) is 32.6. The molecule has 1 fully saturated rings. The highest BCUT2D eigenvalue weighted by Gasteiger charge is 2.40. The van der Waals surface area contributed by atoms with Gasteiger partial charge in [-0.25, -0.2) is 14.4 Å². The fourth-order valence-corrected chi connectivity index (χ4v) is 4.58. The molecule has 230 valence electrons. The minimum absolute atomic E-state index is 0.277. The van der Waals surface area contributed by atoms with Crippen LogP contribution < -0.4 is 20.1 Å². The van der Waals surface area contributed by atoms with Gasteiger partial charge in [-0.2, -0.15) is 0 Å². The Hall–Kier alpha value is -3.95. The number of hydrogen-bond acceptors (Lipinski definition) is 7. The molecular weight excluding hydrogens is 538 g/mol. The molecule has 0 aromatic heterocycles. The van der Waals surface area contributed by atoms with Gasteiger partial charge in [-0.15, -0.1) is 0 Å². The van der Waals surface area contributed by atoms with E-state index < -0.39 is 30.6 Å².